The van der Waals surface area contributed by atoms with Crippen LogP contribution in [-0.2, 0) is 13.6 Å². The van der Waals surface area contributed by atoms with Crippen LogP contribution in [0.2, 0.25) is 0 Å². The number of hydrogen-bond donors (Lipinski definition) is 1. The molecule has 0 fully saturated rings. The fraction of sp³-hybridized carbons (Fsp3) is 0.200. The molecule has 0 amide bonds. The Kier molecular flexibility index (Phi) is 5.59. The maximum Gasteiger partial charge on any atom is 0.356 e. The third-order valence-corrected chi connectivity index (χ3v) is 5.88. The number of anilines is 1. The number of hydrogen-bond acceptors (Lipinski definition) is 4. The van der Waals surface area contributed by atoms with Crippen molar-refractivity contribution in [2.24, 2.45) is 0 Å². The van der Waals surface area contributed by atoms with E-state index in [-0.39, 0.29) is 0 Å². The van der Waals surface area contributed by atoms with Crippen molar-refractivity contribution in [3.8, 4) is 0 Å². The molecule has 0 aliphatic carbocycles. The standard InChI is InChI=1S/C15H17BrNO3P/c1-19-21(18,20-2)15(12-8-4-3-5-9-12)17-14-11-7-6-10-13(14)16/h3-11,15,17H,1-2H3. The van der Waals surface area contributed by atoms with Crippen LogP contribution in [0.4, 0.5) is 5.69 Å². The molecule has 6 heteroatoms. The fourth-order valence-electron chi connectivity index (χ4n) is 1.99. The largest absolute Gasteiger partial charge is 0.367 e. The van der Waals surface area contributed by atoms with Crippen LogP contribution < -0.4 is 5.32 Å². The molecule has 0 aromatic heterocycles. The van der Waals surface area contributed by atoms with Gasteiger partial charge >= 0.3 is 7.60 Å². The van der Waals surface area contributed by atoms with E-state index in [1.54, 1.807) is 0 Å². The number of nitrogens with one attached hydrogen (secondary N) is 1. The first-order chi connectivity index (χ1) is 10.1. The minimum Gasteiger partial charge on any atom is -0.367 e. The third-order valence-electron chi connectivity index (χ3n) is 3.11. The van der Waals surface area contributed by atoms with Gasteiger partial charge in [0.1, 0.15) is 0 Å². The van der Waals surface area contributed by atoms with Gasteiger partial charge in [-0.05, 0) is 33.6 Å². The van der Waals surface area contributed by atoms with Gasteiger partial charge in [0.05, 0.1) is 0 Å². The predicted molar refractivity (Wildman–Crippen MR) is 88.6 cm³/mol. The SMILES string of the molecule is COP(=O)(OC)C(Nc1ccccc1Br)c1ccccc1. The molecule has 1 N–H and O–H groups in total. The molecule has 1 atom stereocenters. The second-order valence-corrected chi connectivity index (χ2v) is 7.52. The Hall–Kier alpha value is -1.13. The van der Waals surface area contributed by atoms with Gasteiger partial charge in [-0.25, -0.2) is 0 Å². The molecule has 0 bridgehead atoms. The van der Waals surface area contributed by atoms with Gasteiger partial charge in [0, 0.05) is 24.4 Å². The first-order valence-corrected chi connectivity index (χ1v) is 8.78. The molecular formula is C15H17BrNO3P. The van der Waals surface area contributed by atoms with Crippen molar-refractivity contribution in [1.29, 1.82) is 0 Å². The van der Waals surface area contributed by atoms with E-state index in [0.29, 0.717) is 0 Å². The lowest BCUT2D eigenvalue weighted by molar-refractivity contribution is 0.268. The molecule has 112 valence electrons. The zero-order chi connectivity index (χ0) is 15.3. The molecule has 0 heterocycles. The van der Waals surface area contributed by atoms with E-state index in [0.717, 1.165) is 15.7 Å². The Morgan fingerprint density at radius 2 is 1.57 bits per heavy atom. The first-order valence-electron chi connectivity index (χ1n) is 6.38. The van der Waals surface area contributed by atoms with Crippen molar-refractivity contribution >= 4 is 29.2 Å². The van der Waals surface area contributed by atoms with Crippen LogP contribution in [0, 0.1) is 0 Å². The van der Waals surface area contributed by atoms with Crippen LogP contribution in [0.3, 0.4) is 0 Å². The van der Waals surface area contributed by atoms with E-state index in [9.17, 15) is 4.57 Å². The predicted octanol–water partition coefficient (Wildman–Crippen LogP) is 5.05. The monoisotopic (exact) mass is 369 g/mol. The number of halogens is 1. The van der Waals surface area contributed by atoms with Gasteiger partial charge in [0.25, 0.3) is 0 Å². The average Bonchev–Trinajstić information content (AvgIpc) is 2.54. The maximum absolute atomic E-state index is 12.8. The summed E-state index contributed by atoms with van der Waals surface area (Å²) < 4.78 is 24.1. The van der Waals surface area contributed by atoms with Crippen molar-refractivity contribution in [2.75, 3.05) is 19.5 Å². The van der Waals surface area contributed by atoms with Crippen LogP contribution in [0.5, 0.6) is 0 Å². The molecule has 0 spiro atoms. The van der Waals surface area contributed by atoms with Crippen molar-refractivity contribution in [1.82, 2.24) is 0 Å². The molecule has 4 nitrogen and oxygen atoms in total. The second-order valence-electron chi connectivity index (χ2n) is 4.34. The van der Waals surface area contributed by atoms with E-state index < -0.39 is 13.4 Å². The van der Waals surface area contributed by atoms with Gasteiger partial charge in [-0.3, -0.25) is 4.57 Å². The quantitative estimate of drug-likeness (QED) is 0.724. The molecule has 0 radical (unpaired) electrons. The summed E-state index contributed by atoms with van der Waals surface area (Å²) in [5.74, 6) is -0.590. The second kappa shape index (κ2) is 7.23. The average molecular weight is 370 g/mol. The van der Waals surface area contributed by atoms with Crippen molar-refractivity contribution in [2.45, 2.75) is 5.78 Å². The number of rotatable bonds is 6. The zero-order valence-corrected chi connectivity index (χ0v) is 14.3. The van der Waals surface area contributed by atoms with Gasteiger partial charge in [-0.1, -0.05) is 42.5 Å². The van der Waals surface area contributed by atoms with E-state index >= 15 is 0 Å². The van der Waals surface area contributed by atoms with Crippen LogP contribution in [0.1, 0.15) is 11.3 Å². The normalized spacial score (nSPS) is 12.9. The van der Waals surface area contributed by atoms with Crippen molar-refractivity contribution < 1.29 is 13.6 Å². The highest BCUT2D eigenvalue weighted by Gasteiger charge is 2.35. The zero-order valence-electron chi connectivity index (χ0n) is 11.8. The number of benzene rings is 2. The van der Waals surface area contributed by atoms with Crippen molar-refractivity contribution in [3.63, 3.8) is 0 Å². The highest BCUT2D eigenvalue weighted by atomic mass is 79.9. The number of para-hydroxylation sites is 1. The lowest BCUT2D eigenvalue weighted by Gasteiger charge is -2.26. The third kappa shape index (κ3) is 3.74. The molecule has 0 saturated heterocycles. The van der Waals surface area contributed by atoms with Crippen LogP contribution in [0.25, 0.3) is 0 Å². The van der Waals surface area contributed by atoms with Crippen LogP contribution in [0.15, 0.2) is 59.1 Å². The lowest BCUT2D eigenvalue weighted by atomic mass is 10.2. The molecule has 0 aliphatic heterocycles. The van der Waals surface area contributed by atoms with Crippen LogP contribution in [-0.4, -0.2) is 14.2 Å². The summed E-state index contributed by atoms with van der Waals surface area (Å²) in [6.45, 7) is 0. The molecule has 2 rings (SSSR count). The van der Waals surface area contributed by atoms with E-state index in [1.165, 1.54) is 14.2 Å². The molecule has 21 heavy (non-hydrogen) atoms. The Balaban J connectivity index is 2.42. The minimum absolute atomic E-state index is 0.590. The Morgan fingerprint density at radius 3 is 2.14 bits per heavy atom. The van der Waals surface area contributed by atoms with E-state index in [1.807, 2.05) is 54.6 Å². The molecule has 0 saturated carbocycles. The summed E-state index contributed by atoms with van der Waals surface area (Å²) in [7, 11) is -0.549. The summed E-state index contributed by atoms with van der Waals surface area (Å²) in [6.07, 6.45) is 0. The fourth-order valence-corrected chi connectivity index (χ4v) is 3.80. The topological polar surface area (TPSA) is 47.6 Å². The van der Waals surface area contributed by atoms with E-state index in [2.05, 4.69) is 21.2 Å². The van der Waals surface area contributed by atoms with Gasteiger partial charge in [0.2, 0.25) is 0 Å². The summed E-state index contributed by atoms with van der Waals surface area (Å²) >= 11 is 3.47. The highest BCUT2D eigenvalue weighted by molar-refractivity contribution is 9.10. The summed E-state index contributed by atoms with van der Waals surface area (Å²) in [4.78, 5) is 0. The van der Waals surface area contributed by atoms with E-state index in [4.69, 9.17) is 9.05 Å². The Morgan fingerprint density at radius 1 is 1.00 bits per heavy atom. The van der Waals surface area contributed by atoms with Gasteiger partial charge in [-0.15, -0.1) is 0 Å². The molecule has 1 unspecified atom stereocenters. The summed E-state index contributed by atoms with van der Waals surface area (Å²) in [5, 5.41) is 3.25. The van der Waals surface area contributed by atoms with Gasteiger partial charge < -0.3 is 14.4 Å². The minimum atomic E-state index is -3.33. The Labute approximate surface area is 133 Å². The highest BCUT2D eigenvalue weighted by Crippen LogP contribution is 2.59. The summed E-state index contributed by atoms with van der Waals surface area (Å²) in [5.41, 5.74) is 1.65. The Bertz CT molecular complexity index is 628. The smallest absolute Gasteiger partial charge is 0.356 e. The first kappa shape index (κ1) is 16.2. The molecule has 2 aromatic carbocycles. The van der Waals surface area contributed by atoms with Crippen LogP contribution >= 0.6 is 23.5 Å². The summed E-state index contributed by atoms with van der Waals surface area (Å²) in [6, 6.07) is 17.1. The lowest BCUT2D eigenvalue weighted by Crippen LogP contribution is -2.13. The van der Waals surface area contributed by atoms with Gasteiger partial charge in [0.15, 0.2) is 5.78 Å². The maximum atomic E-state index is 12.8. The molecule has 0 aliphatic rings. The van der Waals surface area contributed by atoms with Crippen molar-refractivity contribution in [3.05, 3.63) is 64.6 Å². The molecule has 2 aromatic rings. The molecular weight excluding hydrogens is 353 g/mol. The van der Waals surface area contributed by atoms with Gasteiger partial charge in [-0.2, -0.15) is 0 Å².